The lowest BCUT2D eigenvalue weighted by Gasteiger charge is -2.24. The largest absolute Gasteiger partial charge is 0.493 e. The zero-order valence-corrected chi connectivity index (χ0v) is 23.1. The molecule has 0 saturated heterocycles. The Morgan fingerprint density at radius 2 is 1.84 bits per heavy atom. The second-order valence-electron chi connectivity index (χ2n) is 8.49. The zero-order chi connectivity index (χ0) is 26.1. The minimum Gasteiger partial charge on any atom is -0.493 e. The van der Waals surface area contributed by atoms with E-state index in [1.54, 1.807) is 18.4 Å². The Balaban J connectivity index is 1.77. The van der Waals surface area contributed by atoms with Gasteiger partial charge in [0, 0.05) is 10.0 Å². The number of fused-ring (bicyclic) bond motifs is 2. The molecule has 37 heavy (non-hydrogen) atoms. The normalized spacial score (nSPS) is 15.5. The van der Waals surface area contributed by atoms with Gasteiger partial charge in [-0.25, -0.2) is 9.79 Å². The van der Waals surface area contributed by atoms with Gasteiger partial charge in [-0.2, -0.15) is 0 Å². The standard InChI is InChI=1S/C29H25BrN2O4S/c1-4-35-23-15-12-18-8-6-7-9-21(18)22(23)16-24-27(33)32-26(19-10-13-20(30)14-11-19)25(28(34)36-5-2)17(3)31-29(32)37-24/h6-16,26H,4-5H2,1-3H3/b24-16-/t26-/m0/s1. The number of allylic oxidation sites excluding steroid dienone is 1. The van der Waals surface area contributed by atoms with E-state index in [0.29, 0.717) is 33.0 Å². The van der Waals surface area contributed by atoms with Crippen molar-refractivity contribution in [3.05, 3.63) is 107 Å². The van der Waals surface area contributed by atoms with E-state index in [1.165, 1.54) is 11.3 Å². The summed E-state index contributed by atoms with van der Waals surface area (Å²) < 4.78 is 14.3. The summed E-state index contributed by atoms with van der Waals surface area (Å²) in [5, 5.41) is 2.05. The lowest BCUT2D eigenvalue weighted by Crippen LogP contribution is -2.39. The van der Waals surface area contributed by atoms with Crippen molar-refractivity contribution in [2.45, 2.75) is 26.8 Å². The summed E-state index contributed by atoms with van der Waals surface area (Å²) in [6.45, 7) is 6.22. The van der Waals surface area contributed by atoms with E-state index in [2.05, 4.69) is 20.9 Å². The van der Waals surface area contributed by atoms with Crippen LogP contribution in [0.15, 0.2) is 86.2 Å². The molecule has 6 nitrogen and oxygen atoms in total. The summed E-state index contributed by atoms with van der Waals surface area (Å²) in [6.07, 6.45) is 1.87. The van der Waals surface area contributed by atoms with Crippen molar-refractivity contribution >= 4 is 50.1 Å². The Labute approximate surface area is 226 Å². The van der Waals surface area contributed by atoms with Crippen LogP contribution >= 0.6 is 27.3 Å². The third-order valence-electron chi connectivity index (χ3n) is 6.21. The molecule has 0 N–H and O–H groups in total. The molecule has 0 unspecified atom stereocenters. The summed E-state index contributed by atoms with van der Waals surface area (Å²) >= 11 is 4.77. The molecule has 4 aromatic rings. The van der Waals surface area contributed by atoms with Crippen LogP contribution in [0.1, 0.15) is 37.9 Å². The fourth-order valence-electron chi connectivity index (χ4n) is 4.59. The van der Waals surface area contributed by atoms with Gasteiger partial charge in [0.1, 0.15) is 5.75 Å². The maximum atomic E-state index is 14.0. The predicted octanol–water partition coefficient (Wildman–Crippen LogP) is 5.11. The number of esters is 1. The Morgan fingerprint density at radius 3 is 2.57 bits per heavy atom. The molecule has 0 bridgehead atoms. The van der Waals surface area contributed by atoms with E-state index in [0.717, 1.165) is 26.4 Å². The highest BCUT2D eigenvalue weighted by molar-refractivity contribution is 9.10. The first-order chi connectivity index (χ1) is 17.9. The molecule has 1 atom stereocenters. The molecule has 5 rings (SSSR count). The summed E-state index contributed by atoms with van der Waals surface area (Å²) in [7, 11) is 0. The molecule has 1 aromatic heterocycles. The molecule has 2 heterocycles. The summed E-state index contributed by atoms with van der Waals surface area (Å²) in [4.78, 5) is 32.2. The number of rotatable bonds is 6. The van der Waals surface area contributed by atoms with Gasteiger partial charge in [0.15, 0.2) is 4.80 Å². The summed E-state index contributed by atoms with van der Waals surface area (Å²) in [5.41, 5.74) is 2.32. The first-order valence-corrected chi connectivity index (χ1v) is 13.6. The molecule has 1 aliphatic heterocycles. The Hall–Kier alpha value is -3.49. The number of nitrogens with zero attached hydrogens (tertiary/aromatic N) is 2. The van der Waals surface area contributed by atoms with Gasteiger partial charge in [-0.1, -0.05) is 69.7 Å². The van der Waals surface area contributed by atoms with Crippen molar-refractivity contribution in [1.82, 2.24) is 4.57 Å². The molecule has 0 amide bonds. The van der Waals surface area contributed by atoms with Crippen LogP contribution < -0.4 is 19.6 Å². The Morgan fingerprint density at radius 1 is 1.08 bits per heavy atom. The molecule has 0 aliphatic carbocycles. The Kier molecular flexibility index (Phi) is 7.13. The van der Waals surface area contributed by atoms with Crippen LogP contribution in [0.4, 0.5) is 0 Å². The lowest BCUT2D eigenvalue weighted by atomic mass is 9.96. The molecule has 1 aliphatic rings. The van der Waals surface area contributed by atoms with E-state index < -0.39 is 12.0 Å². The van der Waals surface area contributed by atoms with Crippen molar-refractivity contribution in [2.75, 3.05) is 13.2 Å². The number of thiazole rings is 1. The van der Waals surface area contributed by atoms with Crippen molar-refractivity contribution in [3.8, 4) is 5.75 Å². The topological polar surface area (TPSA) is 69.9 Å². The molecular weight excluding hydrogens is 552 g/mol. The second-order valence-corrected chi connectivity index (χ2v) is 10.4. The zero-order valence-electron chi connectivity index (χ0n) is 20.7. The Bertz CT molecular complexity index is 1720. The van der Waals surface area contributed by atoms with E-state index in [4.69, 9.17) is 9.47 Å². The van der Waals surface area contributed by atoms with Gasteiger partial charge in [-0.3, -0.25) is 9.36 Å². The van der Waals surface area contributed by atoms with Crippen LogP contribution in [0.25, 0.3) is 16.8 Å². The highest BCUT2D eigenvalue weighted by atomic mass is 79.9. The van der Waals surface area contributed by atoms with Gasteiger partial charge >= 0.3 is 5.97 Å². The highest BCUT2D eigenvalue weighted by Crippen LogP contribution is 2.32. The van der Waals surface area contributed by atoms with Crippen LogP contribution in [0.3, 0.4) is 0 Å². The van der Waals surface area contributed by atoms with Crippen LogP contribution in [0, 0.1) is 0 Å². The van der Waals surface area contributed by atoms with E-state index >= 15 is 0 Å². The fourth-order valence-corrected chi connectivity index (χ4v) is 5.88. The van der Waals surface area contributed by atoms with Crippen molar-refractivity contribution in [1.29, 1.82) is 0 Å². The number of halogens is 1. The number of ether oxygens (including phenoxy) is 2. The van der Waals surface area contributed by atoms with Crippen molar-refractivity contribution in [3.63, 3.8) is 0 Å². The average Bonchev–Trinajstić information content (AvgIpc) is 3.19. The second kappa shape index (κ2) is 10.5. The van der Waals surface area contributed by atoms with Gasteiger partial charge < -0.3 is 9.47 Å². The number of benzene rings is 3. The molecular formula is C29H25BrN2O4S. The van der Waals surface area contributed by atoms with Gasteiger partial charge in [0.2, 0.25) is 0 Å². The first kappa shape index (κ1) is 25.2. The monoisotopic (exact) mass is 576 g/mol. The maximum Gasteiger partial charge on any atom is 0.338 e. The minimum atomic E-state index is -0.649. The molecule has 8 heteroatoms. The molecule has 0 radical (unpaired) electrons. The average molecular weight is 578 g/mol. The number of hydrogen-bond acceptors (Lipinski definition) is 6. The third kappa shape index (κ3) is 4.67. The van der Waals surface area contributed by atoms with Crippen LogP contribution in [-0.4, -0.2) is 23.8 Å². The number of carbonyl (C=O) groups excluding carboxylic acids is 1. The van der Waals surface area contributed by atoms with Crippen LogP contribution in [-0.2, 0) is 9.53 Å². The third-order valence-corrected chi connectivity index (χ3v) is 7.72. The molecule has 0 fully saturated rings. The van der Waals surface area contributed by atoms with Crippen LogP contribution in [0.5, 0.6) is 5.75 Å². The van der Waals surface area contributed by atoms with Gasteiger partial charge in [-0.05, 0) is 61.4 Å². The maximum absolute atomic E-state index is 14.0. The summed E-state index contributed by atoms with van der Waals surface area (Å²) in [5.74, 6) is 0.235. The van der Waals surface area contributed by atoms with E-state index in [1.807, 2.05) is 73.7 Å². The number of hydrogen-bond donors (Lipinski definition) is 0. The fraction of sp³-hybridized carbons (Fsp3) is 0.207. The highest BCUT2D eigenvalue weighted by Gasteiger charge is 2.33. The molecule has 0 spiro atoms. The predicted molar refractivity (Wildman–Crippen MR) is 150 cm³/mol. The minimum absolute atomic E-state index is 0.221. The SMILES string of the molecule is CCOC(=O)C1=C(C)N=c2s/c(=C\c3c(OCC)ccc4ccccc34)c(=O)n2[C@H]1c1ccc(Br)cc1. The molecule has 3 aromatic carbocycles. The van der Waals surface area contributed by atoms with Gasteiger partial charge in [0.25, 0.3) is 5.56 Å². The first-order valence-electron chi connectivity index (χ1n) is 12.0. The number of aromatic nitrogens is 1. The van der Waals surface area contributed by atoms with Crippen molar-refractivity contribution in [2.24, 2.45) is 4.99 Å². The quantitative estimate of drug-likeness (QED) is 0.299. The summed E-state index contributed by atoms with van der Waals surface area (Å²) in [6, 6.07) is 18.9. The van der Waals surface area contributed by atoms with Gasteiger partial charge in [0.05, 0.1) is 35.1 Å². The van der Waals surface area contributed by atoms with E-state index in [-0.39, 0.29) is 12.2 Å². The smallest absolute Gasteiger partial charge is 0.338 e. The van der Waals surface area contributed by atoms with Gasteiger partial charge in [-0.15, -0.1) is 0 Å². The van der Waals surface area contributed by atoms with E-state index in [9.17, 15) is 9.59 Å². The van der Waals surface area contributed by atoms with Crippen LogP contribution in [0.2, 0.25) is 0 Å². The van der Waals surface area contributed by atoms with Crippen molar-refractivity contribution < 1.29 is 14.3 Å². The molecule has 188 valence electrons. The molecule has 0 saturated carbocycles. The number of carbonyl (C=O) groups is 1. The lowest BCUT2D eigenvalue weighted by molar-refractivity contribution is -0.139.